The second-order valence-corrected chi connectivity index (χ2v) is 6.43. The van der Waals surface area contributed by atoms with E-state index in [0.29, 0.717) is 6.54 Å². The van der Waals surface area contributed by atoms with Gasteiger partial charge >= 0.3 is 0 Å². The molecule has 2 rings (SSSR count). The van der Waals surface area contributed by atoms with Crippen LogP contribution in [0.25, 0.3) is 0 Å². The van der Waals surface area contributed by atoms with Gasteiger partial charge in [-0.25, -0.2) is 0 Å². The Kier molecular flexibility index (Phi) is 6.49. The van der Waals surface area contributed by atoms with Gasteiger partial charge in [0.25, 0.3) is 0 Å². The lowest BCUT2D eigenvalue weighted by molar-refractivity contribution is -0.126. The number of carbonyl (C=O) groups is 2. The third kappa shape index (κ3) is 4.99. The van der Waals surface area contributed by atoms with Crippen molar-refractivity contribution in [1.29, 1.82) is 0 Å². The van der Waals surface area contributed by atoms with E-state index in [1.807, 2.05) is 7.05 Å². The number of hydrogen-bond donors (Lipinski definition) is 3. The van der Waals surface area contributed by atoms with Crippen LogP contribution in [-0.2, 0) is 9.59 Å². The highest BCUT2D eigenvalue weighted by atomic mass is 16.2. The molecule has 0 saturated heterocycles. The van der Waals surface area contributed by atoms with Gasteiger partial charge in [-0.1, -0.05) is 12.8 Å². The number of rotatable bonds is 6. The summed E-state index contributed by atoms with van der Waals surface area (Å²) >= 11 is 0. The Morgan fingerprint density at radius 2 is 1.48 bits per heavy atom. The quantitative estimate of drug-likeness (QED) is 0.645. The maximum Gasteiger partial charge on any atom is 0.223 e. The van der Waals surface area contributed by atoms with Crippen LogP contribution in [0, 0.1) is 11.8 Å². The minimum Gasteiger partial charge on any atom is -0.355 e. The van der Waals surface area contributed by atoms with E-state index in [-0.39, 0.29) is 29.7 Å². The van der Waals surface area contributed by atoms with Gasteiger partial charge in [-0.05, 0) is 45.6 Å². The predicted molar refractivity (Wildman–Crippen MR) is 82.8 cm³/mol. The van der Waals surface area contributed by atoms with Crippen molar-refractivity contribution >= 4 is 11.8 Å². The van der Waals surface area contributed by atoms with Crippen LogP contribution >= 0.6 is 0 Å². The average molecular weight is 295 g/mol. The first-order valence-electron chi connectivity index (χ1n) is 8.43. The largest absolute Gasteiger partial charge is 0.355 e. The molecule has 2 aliphatic carbocycles. The molecule has 0 heterocycles. The molecule has 0 aromatic carbocycles. The average Bonchev–Trinajstić information content (AvgIpc) is 3.02. The molecule has 5 heteroatoms. The Morgan fingerprint density at radius 3 is 2.10 bits per heavy atom. The van der Waals surface area contributed by atoms with E-state index in [2.05, 4.69) is 16.0 Å². The molecule has 3 N–H and O–H groups in total. The normalized spacial score (nSPS) is 26.5. The third-order valence-electron chi connectivity index (χ3n) is 4.84. The third-order valence-corrected chi connectivity index (χ3v) is 4.84. The fourth-order valence-corrected chi connectivity index (χ4v) is 3.46. The first-order chi connectivity index (χ1) is 10.2. The number of nitrogens with one attached hydrogen (secondary N) is 3. The second kappa shape index (κ2) is 8.37. The summed E-state index contributed by atoms with van der Waals surface area (Å²) in [5.74, 6) is 0.786. The van der Waals surface area contributed by atoms with Gasteiger partial charge in [0.2, 0.25) is 11.8 Å². The molecule has 2 fully saturated rings. The lowest BCUT2D eigenvalue weighted by Gasteiger charge is -2.29. The maximum atomic E-state index is 12.1. The Balaban J connectivity index is 1.65. The smallest absolute Gasteiger partial charge is 0.223 e. The minimum absolute atomic E-state index is 0.126. The fraction of sp³-hybridized carbons (Fsp3) is 0.875. The SMILES string of the molecule is CNCCNC(=O)C1CCC(NC(=O)C2CCCC2)CC1. The van der Waals surface area contributed by atoms with Crippen LogP contribution in [0.4, 0.5) is 0 Å². The van der Waals surface area contributed by atoms with Crippen molar-refractivity contribution in [2.24, 2.45) is 11.8 Å². The minimum atomic E-state index is 0.126. The lowest BCUT2D eigenvalue weighted by Crippen LogP contribution is -2.43. The number of hydrogen-bond acceptors (Lipinski definition) is 3. The van der Waals surface area contributed by atoms with Crippen LogP contribution in [0.3, 0.4) is 0 Å². The second-order valence-electron chi connectivity index (χ2n) is 6.43. The van der Waals surface area contributed by atoms with Crippen LogP contribution in [-0.4, -0.2) is 38.0 Å². The van der Waals surface area contributed by atoms with E-state index in [0.717, 1.165) is 45.1 Å². The Morgan fingerprint density at radius 1 is 0.857 bits per heavy atom. The van der Waals surface area contributed by atoms with Gasteiger partial charge in [0.05, 0.1) is 0 Å². The summed E-state index contributed by atoms with van der Waals surface area (Å²) in [7, 11) is 1.88. The molecule has 0 aromatic heterocycles. The molecule has 0 spiro atoms. The van der Waals surface area contributed by atoms with Gasteiger partial charge in [-0.15, -0.1) is 0 Å². The molecular weight excluding hydrogens is 266 g/mol. The topological polar surface area (TPSA) is 70.2 Å². The van der Waals surface area contributed by atoms with E-state index in [4.69, 9.17) is 0 Å². The van der Waals surface area contributed by atoms with Crippen molar-refractivity contribution < 1.29 is 9.59 Å². The lowest BCUT2D eigenvalue weighted by atomic mass is 9.85. The molecule has 0 aromatic rings. The molecule has 0 unspecified atom stereocenters. The fourth-order valence-electron chi connectivity index (χ4n) is 3.46. The van der Waals surface area contributed by atoms with Crippen molar-refractivity contribution in [3.05, 3.63) is 0 Å². The summed E-state index contributed by atoms with van der Waals surface area (Å²) < 4.78 is 0. The van der Waals surface area contributed by atoms with Gasteiger partial charge in [-0.3, -0.25) is 9.59 Å². The van der Waals surface area contributed by atoms with E-state index in [1.165, 1.54) is 12.8 Å². The summed E-state index contributed by atoms with van der Waals surface area (Å²) in [6.45, 7) is 1.49. The van der Waals surface area contributed by atoms with Crippen molar-refractivity contribution in [2.75, 3.05) is 20.1 Å². The summed E-state index contributed by atoms with van der Waals surface area (Å²) in [6.07, 6.45) is 8.13. The highest BCUT2D eigenvalue weighted by Gasteiger charge is 2.29. The Hall–Kier alpha value is -1.10. The van der Waals surface area contributed by atoms with E-state index in [1.54, 1.807) is 0 Å². The van der Waals surface area contributed by atoms with Crippen LogP contribution in [0.5, 0.6) is 0 Å². The van der Waals surface area contributed by atoms with Gasteiger partial charge in [-0.2, -0.15) is 0 Å². The van der Waals surface area contributed by atoms with Gasteiger partial charge in [0.1, 0.15) is 0 Å². The Bertz CT molecular complexity index is 345. The molecule has 2 amide bonds. The van der Waals surface area contributed by atoms with Gasteiger partial charge in [0.15, 0.2) is 0 Å². The number of carbonyl (C=O) groups excluding carboxylic acids is 2. The first kappa shape index (κ1) is 16.3. The number of amides is 2. The van der Waals surface area contributed by atoms with E-state index >= 15 is 0 Å². The molecule has 2 saturated carbocycles. The summed E-state index contributed by atoms with van der Waals surface area (Å²) in [5.41, 5.74) is 0. The molecule has 120 valence electrons. The summed E-state index contributed by atoms with van der Waals surface area (Å²) in [4.78, 5) is 24.1. The zero-order chi connectivity index (χ0) is 15.1. The zero-order valence-electron chi connectivity index (χ0n) is 13.1. The molecule has 0 radical (unpaired) electrons. The van der Waals surface area contributed by atoms with Crippen LogP contribution < -0.4 is 16.0 Å². The first-order valence-corrected chi connectivity index (χ1v) is 8.43. The molecule has 21 heavy (non-hydrogen) atoms. The van der Waals surface area contributed by atoms with E-state index < -0.39 is 0 Å². The van der Waals surface area contributed by atoms with Crippen LogP contribution in [0.15, 0.2) is 0 Å². The van der Waals surface area contributed by atoms with Crippen molar-refractivity contribution in [2.45, 2.75) is 57.4 Å². The molecular formula is C16H29N3O2. The highest BCUT2D eigenvalue weighted by Crippen LogP contribution is 2.27. The van der Waals surface area contributed by atoms with Crippen LogP contribution in [0.2, 0.25) is 0 Å². The Labute approximate surface area is 127 Å². The molecule has 0 bridgehead atoms. The molecule has 2 aliphatic rings. The molecule has 0 aliphatic heterocycles. The van der Waals surface area contributed by atoms with Crippen LogP contribution in [0.1, 0.15) is 51.4 Å². The van der Waals surface area contributed by atoms with Crippen molar-refractivity contribution in [3.8, 4) is 0 Å². The van der Waals surface area contributed by atoms with Crippen molar-refractivity contribution in [3.63, 3.8) is 0 Å². The standard InChI is InChI=1S/C16H29N3O2/c1-17-10-11-18-15(20)13-6-8-14(9-7-13)19-16(21)12-4-2-3-5-12/h12-14,17H,2-11H2,1H3,(H,18,20)(H,19,21). The van der Waals surface area contributed by atoms with Gasteiger partial charge < -0.3 is 16.0 Å². The highest BCUT2D eigenvalue weighted by molar-refractivity contribution is 5.80. The molecule has 5 nitrogen and oxygen atoms in total. The monoisotopic (exact) mass is 295 g/mol. The van der Waals surface area contributed by atoms with E-state index in [9.17, 15) is 9.59 Å². The summed E-state index contributed by atoms with van der Waals surface area (Å²) in [5, 5.41) is 9.18. The predicted octanol–water partition coefficient (Wildman–Crippen LogP) is 1.19. The number of likely N-dealkylation sites (N-methyl/N-ethyl adjacent to an activating group) is 1. The van der Waals surface area contributed by atoms with Gasteiger partial charge in [0, 0.05) is 31.0 Å². The maximum absolute atomic E-state index is 12.1. The zero-order valence-corrected chi connectivity index (χ0v) is 13.1. The molecule has 0 atom stereocenters. The van der Waals surface area contributed by atoms with Crippen molar-refractivity contribution in [1.82, 2.24) is 16.0 Å². The summed E-state index contributed by atoms with van der Waals surface area (Å²) in [6, 6.07) is 0.277.